The lowest BCUT2D eigenvalue weighted by Gasteiger charge is -2.42. The molecule has 0 saturated carbocycles. The SMILES string of the molecule is CCCC(CN)(CCC)N1CCC(N2CCCCC2)C1. The molecule has 2 aliphatic rings. The first kappa shape index (κ1) is 16.3. The summed E-state index contributed by atoms with van der Waals surface area (Å²) < 4.78 is 0. The molecular weight excluding hydrogens is 246 g/mol. The molecule has 3 nitrogen and oxygen atoms in total. The Bertz CT molecular complexity index is 267. The van der Waals surface area contributed by atoms with Crippen molar-refractivity contribution in [3.63, 3.8) is 0 Å². The maximum atomic E-state index is 6.23. The van der Waals surface area contributed by atoms with Gasteiger partial charge in [-0.15, -0.1) is 0 Å². The van der Waals surface area contributed by atoms with Gasteiger partial charge in [-0.1, -0.05) is 33.1 Å². The summed E-state index contributed by atoms with van der Waals surface area (Å²) in [5.41, 5.74) is 6.51. The van der Waals surface area contributed by atoms with Gasteiger partial charge >= 0.3 is 0 Å². The number of nitrogens with two attached hydrogens (primary N) is 1. The maximum absolute atomic E-state index is 6.23. The van der Waals surface area contributed by atoms with E-state index < -0.39 is 0 Å². The van der Waals surface area contributed by atoms with Crippen LogP contribution in [0, 0.1) is 0 Å². The summed E-state index contributed by atoms with van der Waals surface area (Å²) >= 11 is 0. The molecule has 0 aromatic carbocycles. The predicted molar refractivity (Wildman–Crippen MR) is 87.0 cm³/mol. The lowest BCUT2D eigenvalue weighted by molar-refractivity contribution is 0.0840. The third kappa shape index (κ3) is 3.55. The molecule has 0 bridgehead atoms. The van der Waals surface area contributed by atoms with Crippen molar-refractivity contribution in [3.8, 4) is 0 Å². The minimum atomic E-state index is 0.286. The molecule has 20 heavy (non-hydrogen) atoms. The highest BCUT2D eigenvalue weighted by atomic mass is 15.3. The van der Waals surface area contributed by atoms with Crippen molar-refractivity contribution in [1.82, 2.24) is 9.80 Å². The van der Waals surface area contributed by atoms with Crippen LogP contribution >= 0.6 is 0 Å². The summed E-state index contributed by atoms with van der Waals surface area (Å²) in [6, 6.07) is 0.801. The zero-order valence-electron chi connectivity index (χ0n) is 13.7. The summed E-state index contributed by atoms with van der Waals surface area (Å²) in [5, 5.41) is 0. The monoisotopic (exact) mass is 281 g/mol. The highest BCUT2D eigenvalue weighted by molar-refractivity contribution is 4.97. The summed E-state index contributed by atoms with van der Waals surface area (Å²) in [4.78, 5) is 5.50. The Morgan fingerprint density at radius 1 is 1.00 bits per heavy atom. The molecule has 0 aliphatic carbocycles. The second-order valence-corrected chi connectivity index (χ2v) is 6.91. The van der Waals surface area contributed by atoms with Gasteiger partial charge in [0.2, 0.25) is 0 Å². The molecule has 0 amide bonds. The zero-order valence-corrected chi connectivity index (χ0v) is 13.7. The normalized spacial score (nSPS) is 26.2. The molecule has 2 aliphatic heterocycles. The van der Waals surface area contributed by atoms with Crippen LogP contribution < -0.4 is 5.73 Å². The van der Waals surface area contributed by atoms with Crippen molar-refractivity contribution in [2.75, 3.05) is 32.7 Å². The smallest absolute Gasteiger partial charge is 0.0332 e. The van der Waals surface area contributed by atoms with Crippen molar-refractivity contribution >= 4 is 0 Å². The Labute approximate surface area is 125 Å². The standard InChI is InChI=1S/C17H35N3/c1-3-9-17(15-18,10-4-2)20-13-8-16(14-20)19-11-6-5-7-12-19/h16H,3-15,18H2,1-2H3. The van der Waals surface area contributed by atoms with E-state index in [9.17, 15) is 0 Å². The molecule has 2 heterocycles. The average molecular weight is 281 g/mol. The summed E-state index contributed by atoms with van der Waals surface area (Å²) in [6.45, 7) is 10.6. The molecule has 2 N–H and O–H groups in total. The van der Waals surface area contributed by atoms with Gasteiger partial charge in [-0.3, -0.25) is 9.80 Å². The van der Waals surface area contributed by atoms with E-state index in [4.69, 9.17) is 5.73 Å². The first-order valence-electron chi connectivity index (χ1n) is 8.95. The number of piperidine rings is 1. The van der Waals surface area contributed by atoms with Crippen LogP contribution in [0.15, 0.2) is 0 Å². The topological polar surface area (TPSA) is 32.5 Å². The lowest BCUT2D eigenvalue weighted by atomic mass is 9.87. The molecule has 3 heteroatoms. The van der Waals surface area contributed by atoms with E-state index in [1.165, 1.54) is 77.5 Å². The number of hydrogen-bond acceptors (Lipinski definition) is 3. The predicted octanol–water partition coefficient (Wildman–Crippen LogP) is 2.84. The van der Waals surface area contributed by atoms with E-state index in [1.54, 1.807) is 0 Å². The highest BCUT2D eigenvalue weighted by Gasteiger charge is 2.39. The highest BCUT2D eigenvalue weighted by Crippen LogP contribution is 2.32. The quantitative estimate of drug-likeness (QED) is 0.779. The third-order valence-corrected chi connectivity index (χ3v) is 5.55. The van der Waals surface area contributed by atoms with E-state index in [-0.39, 0.29) is 5.54 Å². The van der Waals surface area contributed by atoms with Crippen LogP contribution in [0.3, 0.4) is 0 Å². The molecule has 2 rings (SSSR count). The van der Waals surface area contributed by atoms with Crippen LogP contribution in [0.5, 0.6) is 0 Å². The van der Waals surface area contributed by atoms with Gasteiger partial charge in [0.15, 0.2) is 0 Å². The van der Waals surface area contributed by atoms with Crippen LogP contribution in [0.2, 0.25) is 0 Å². The molecule has 2 saturated heterocycles. The Balaban J connectivity index is 1.97. The van der Waals surface area contributed by atoms with Gasteiger partial charge in [0, 0.05) is 31.2 Å². The van der Waals surface area contributed by atoms with Crippen LogP contribution in [-0.4, -0.2) is 54.1 Å². The lowest BCUT2D eigenvalue weighted by Crippen LogP contribution is -2.54. The van der Waals surface area contributed by atoms with E-state index >= 15 is 0 Å². The molecular formula is C17H35N3. The fourth-order valence-corrected chi connectivity index (χ4v) is 4.46. The Morgan fingerprint density at radius 2 is 1.65 bits per heavy atom. The Morgan fingerprint density at radius 3 is 2.20 bits per heavy atom. The molecule has 0 aromatic heterocycles. The van der Waals surface area contributed by atoms with Gasteiger partial charge in [0.1, 0.15) is 0 Å². The minimum Gasteiger partial charge on any atom is -0.329 e. The van der Waals surface area contributed by atoms with Crippen LogP contribution in [0.25, 0.3) is 0 Å². The van der Waals surface area contributed by atoms with Gasteiger partial charge in [-0.25, -0.2) is 0 Å². The minimum absolute atomic E-state index is 0.286. The summed E-state index contributed by atoms with van der Waals surface area (Å²) in [6.07, 6.45) is 10.6. The number of nitrogens with zero attached hydrogens (tertiary/aromatic N) is 2. The molecule has 2 fully saturated rings. The number of rotatable bonds is 7. The van der Waals surface area contributed by atoms with Crippen LogP contribution in [0.1, 0.15) is 65.2 Å². The van der Waals surface area contributed by atoms with E-state index in [0.717, 1.165) is 12.6 Å². The fourth-order valence-electron chi connectivity index (χ4n) is 4.46. The van der Waals surface area contributed by atoms with Crippen molar-refractivity contribution < 1.29 is 0 Å². The van der Waals surface area contributed by atoms with Gasteiger partial charge in [-0.05, 0) is 45.2 Å². The maximum Gasteiger partial charge on any atom is 0.0332 e. The molecule has 0 radical (unpaired) electrons. The van der Waals surface area contributed by atoms with E-state index in [1.807, 2.05) is 0 Å². The van der Waals surface area contributed by atoms with Crippen molar-refractivity contribution in [3.05, 3.63) is 0 Å². The number of likely N-dealkylation sites (tertiary alicyclic amines) is 2. The molecule has 1 unspecified atom stereocenters. The first-order chi connectivity index (χ1) is 9.75. The third-order valence-electron chi connectivity index (χ3n) is 5.55. The van der Waals surface area contributed by atoms with Gasteiger partial charge < -0.3 is 5.73 Å². The largest absolute Gasteiger partial charge is 0.329 e. The zero-order chi connectivity index (χ0) is 14.4. The second kappa shape index (κ2) is 7.77. The van der Waals surface area contributed by atoms with Gasteiger partial charge in [0.05, 0.1) is 0 Å². The Hall–Kier alpha value is -0.120. The van der Waals surface area contributed by atoms with E-state index in [0.29, 0.717) is 0 Å². The Kier molecular flexibility index (Phi) is 6.31. The summed E-state index contributed by atoms with van der Waals surface area (Å²) in [7, 11) is 0. The fraction of sp³-hybridized carbons (Fsp3) is 1.00. The second-order valence-electron chi connectivity index (χ2n) is 6.91. The molecule has 118 valence electrons. The number of hydrogen-bond donors (Lipinski definition) is 1. The first-order valence-corrected chi connectivity index (χ1v) is 8.95. The molecule has 1 atom stereocenters. The van der Waals surface area contributed by atoms with Crippen LogP contribution in [-0.2, 0) is 0 Å². The van der Waals surface area contributed by atoms with E-state index in [2.05, 4.69) is 23.6 Å². The van der Waals surface area contributed by atoms with Crippen molar-refractivity contribution in [2.45, 2.75) is 76.8 Å². The molecule has 0 spiro atoms. The summed E-state index contributed by atoms with van der Waals surface area (Å²) in [5.74, 6) is 0. The van der Waals surface area contributed by atoms with Gasteiger partial charge in [0.25, 0.3) is 0 Å². The average Bonchev–Trinajstić information content (AvgIpc) is 2.98. The molecule has 0 aromatic rings. The van der Waals surface area contributed by atoms with Crippen molar-refractivity contribution in [2.24, 2.45) is 5.73 Å². The van der Waals surface area contributed by atoms with Crippen molar-refractivity contribution in [1.29, 1.82) is 0 Å². The van der Waals surface area contributed by atoms with Crippen LogP contribution in [0.4, 0.5) is 0 Å². The van der Waals surface area contributed by atoms with Gasteiger partial charge in [-0.2, -0.15) is 0 Å².